The van der Waals surface area contributed by atoms with Crippen molar-refractivity contribution in [2.24, 2.45) is 0 Å². The maximum absolute atomic E-state index is 13.4. The number of aromatic amines is 1. The second kappa shape index (κ2) is 6.72. The first-order valence-electron chi connectivity index (χ1n) is 7.76. The van der Waals surface area contributed by atoms with Gasteiger partial charge in [0.05, 0.1) is 18.2 Å². The van der Waals surface area contributed by atoms with Crippen LogP contribution < -0.4 is 10.3 Å². The van der Waals surface area contributed by atoms with E-state index in [4.69, 9.17) is 28.6 Å². The average Bonchev–Trinajstić information content (AvgIpc) is 3.06. The highest BCUT2D eigenvalue weighted by Crippen LogP contribution is 2.35. The SMILES string of the molecule is COc1ccccc1-n1c(=S)[nH]c2scc(-c3ccccc3Cl)c2c1=O. The molecule has 130 valence electrons. The molecule has 7 heteroatoms. The number of para-hydroxylation sites is 2. The van der Waals surface area contributed by atoms with Gasteiger partial charge in [-0.2, -0.15) is 0 Å². The van der Waals surface area contributed by atoms with Crippen molar-refractivity contribution in [3.8, 4) is 22.6 Å². The minimum absolute atomic E-state index is 0.204. The Balaban J connectivity index is 2.09. The quantitative estimate of drug-likeness (QED) is 0.466. The van der Waals surface area contributed by atoms with Crippen LogP contribution in [0.5, 0.6) is 5.75 Å². The van der Waals surface area contributed by atoms with Crippen molar-refractivity contribution in [2.45, 2.75) is 0 Å². The van der Waals surface area contributed by atoms with Gasteiger partial charge in [-0.05, 0) is 30.4 Å². The average molecular weight is 401 g/mol. The monoisotopic (exact) mass is 400 g/mol. The molecule has 0 amide bonds. The predicted octanol–water partition coefficient (Wildman–Crippen LogP) is 5.44. The van der Waals surface area contributed by atoms with Crippen LogP contribution in [-0.4, -0.2) is 16.7 Å². The summed E-state index contributed by atoms with van der Waals surface area (Å²) >= 11 is 13.2. The molecule has 4 aromatic rings. The van der Waals surface area contributed by atoms with Crippen molar-refractivity contribution in [3.05, 3.63) is 74.1 Å². The third-order valence-electron chi connectivity index (χ3n) is 4.12. The summed E-state index contributed by atoms with van der Waals surface area (Å²) < 4.78 is 7.18. The van der Waals surface area contributed by atoms with E-state index in [-0.39, 0.29) is 5.56 Å². The molecule has 0 aliphatic rings. The van der Waals surface area contributed by atoms with E-state index in [1.165, 1.54) is 15.9 Å². The molecule has 0 aliphatic carbocycles. The van der Waals surface area contributed by atoms with E-state index < -0.39 is 0 Å². The van der Waals surface area contributed by atoms with Crippen LogP contribution in [0, 0.1) is 4.77 Å². The molecular formula is C19H13ClN2O2S2. The van der Waals surface area contributed by atoms with Crippen LogP contribution >= 0.6 is 35.2 Å². The lowest BCUT2D eigenvalue weighted by Gasteiger charge is -2.11. The van der Waals surface area contributed by atoms with E-state index in [1.54, 1.807) is 19.2 Å². The van der Waals surface area contributed by atoms with Crippen LogP contribution in [0.15, 0.2) is 58.7 Å². The second-order valence-corrected chi connectivity index (χ2v) is 7.25. The molecule has 4 rings (SSSR count). The summed E-state index contributed by atoms with van der Waals surface area (Å²) in [5, 5.41) is 3.07. The molecule has 0 aliphatic heterocycles. The van der Waals surface area contributed by atoms with Gasteiger partial charge in [0.25, 0.3) is 5.56 Å². The molecule has 26 heavy (non-hydrogen) atoms. The largest absolute Gasteiger partial charge is 0.495 e. The third-order valence-corrected chi connectivity index (χ3v) is 5.63. The summed E-state index contributed by atoms with van der Waals surface area (Å²) in [5.41, 5.74) is 1.99. The van der Waals surface area contributed by atoms with Crippen molar-refractivity contribution in [1.82, 2.24) is 9.55 Å². The fourth-order valence-electron chi connectivity index (χ4n) is 2.93. The van der Waals surface area contributed by atoms with Crippen molar-refractivity contribution < 1.29 is 4.74 Å². The summed E-state index contributed by atoms with van der Waals surface area (Å²) in [6.07, 6.45) is 0. The number of hydrogen-bond donors (Lipinski definition) is 1. The molecule has 2 aromatic carbocycles. The molecule has 0 unspecified atom stereocenters. The fourth-order valence-corrected chi connectivity index (χ4v) is 4.47. The number of methoxy groups -OCH3 is 1. The molecule has 0 spiro atoms. The van der Waals surface area contributed by atoms with Gasteiger partial charge in [-0.3, -0.25) is 4.79 Å². The molecule has 0 saturated heterocycles. The summed E-state index contributed by atoms with van der Waals surface area (Å²) in [6, 6.07) is 14.8. The molecule has 4 nitrogen and oxygen atoms in total. The Hall–Kier alpha value is -2.41. The number of hydrogen-bond acceptors (Lipinski definition) is 4. The molecule has 1 N–H and O–H groups in total. The van der Waals surface area contributed by atoms with E-state index in [1.807, 2.05) is 41.8 Å². The van der Waals surface area contributed by atoms with Gasteiger partial charge >= 0.3 is 0 Å². The standard InChI is InChI=1S/C19H13ClN2O2S2/c1-24-15-9-5-4-8-14(15)22-18(23)16-12(10-26-17(16)21-19(22)25)11-6-2-3-7-13(11)20/h2-10H,1H3,(H,21,25). The summed E-state index contributed by atoms with van der Waals surface area (Å²) in [6.45, 7) is 0. The van der Waals surface area contributed by atoms with Gasteiger partial charge in [-0.15, -0.1) is 11.3 Å². The number of nitrogens with one attached hydrogen (secondary N) is 1. The Bertz CT molecular complexity index is 1240. The van der Waals surface area contributed by atoms with Crippen molar-refractivity contribution >= 4 is 45.4 Å². The van der Waals surface area contributed by atoms with Gasteiger partial charge in [0.2, 0.25) is 0 Å². The van der Waals surface area contributed by atoms with E-state index in [0.29, 0.717) is 26.6 Å². The molecule has 2 aromatic heterocycles. The zero-order valence-corrected chi connectivity index (χ0v) is 16.0. The molecule has 0 bridgehead atoms. The van der Waals surface area contributed by atoms with Crippen LogP contribution in [0.4, 0.5) is 0 Å². The number of H-pyrrole nitrogens is 1. The Morgan fingerprint density at radius 1 is 1.12 bits per heavy atom. The first-order chi connectivity index (χ1) is 12.6. The number of aromatic nitrogens is 2. The number of fused-ring (bicyclic) bond motifs is 1. The molecule has 0 saturated carbocycles. The summed E-state index contributed by atoms with van der Waals surface area (Å²) in [7, 11) is 1.56. The van der Waals surface area contributed by atoms with E-state index in [0.717, 1.165) is 16.0 Å². The van der Waals surface area contributed by atoms with Gasteiger partial charge in [-0.25, -0.2) is 4.57 Å². The number of rotatable bonds is 3. The van der Waals surface area contributed by atoms with Crippen LogP contribution in [-0.2, 0) is 0 Å². The number of ether oxygens (including phenoxy) is 1. The topological polar surface area (TPSA) is 47.0 Å². The third kappa shape index (κ3) is 2.67. The molecule has 0 radical (unpaired) electrons. The highest BCUT2D eigenvalue weighted by Gasteiger charge is 2.17. The highest BCUT2D eigenvalue weighted by molar-refractivity contribution is 7.71. The lowest BCUT2D eigenvalue weighted by molar-refractivity contribution is 0.412. The zero-order chi connectivity index (χ0) is 18.3. The van der Waals surface area contributed by atoms with Crippen LogP contribution in [0.2, 0.25) is 5.02 Å². The Labute approximate surface area is 163 Å². The minimum atomic E-state index is -0.204. The van der Waals surface area contributed by atoms with Gasteiger partial charge in [0, 0.05) is 21.5 Å². The predicted molar refractivity (Wildman–Crippen MR) is 110 cm³/mol. The normalized spacial score (nSPS) is 11.0. The minimum Gasteiger partial charge on any atom is -0.495 e. The first-order valence-corrected chi connectivity index (χ1v) is 9.43. The van der Waals surface area contributed by atoms with Crippen LogP contribution in [0.1, 0.15) is 0 Å². The second-order valence-electron chi connectivity index (χ2n) is 5.58. The first kappa shape index (κ1) is 17.0. The molecule has 0 fully saturated rings. The van der Waals surface area contributed by atoms with Crippen molar-refractivity contribution in [2.75, 3.05) is 7.11 Å². The lowest BCUT2D eigenvalue weighted by atomic mass is 10.1. The molecule has 2 heterocycles. The smallest absolute Gasteiger partial charge is 0.268 e. The summed E-state index contributed by atoms with van der Waals surface area (Å²) in [5.74, 6) is 0.572. The Morgan fingerprint density at radius 3 is 2.62 bits per heavy atom. The lowest BCUT2D eigenvalue weighted by Crippen LogP contribution is -2.20. The van der Waals surface area contributed by atoms with Crippen LogP contribution in [0.25, 0.3) is 27.0 Å². The Kier molecular flexibility index (Phi) is 4.40. The maximum atomic E-state index is 13.4. The summed E-state index contributed by atoms with van der Waals surface area (Å²) in [4.78, 5) is 17.2. The molecular weight excluding hydrogens is 388 g/mol. The number of thiophene rings is 1. The zero-order valence-electron chi connectivity index (χ0n) is 13.7. The number of benzene rings is 2. The van der Waals surface area contributed by atoms with E-state index >= 15 is 0 Å². The van der Waals surface area contributed by atoms with Gasteiger partial charge < -0.3 is 9.72 Å². The van der Waals surface area contributed by atoms with Crippen LogP contribution in [0.3, 0.4) is 0 Å². The van der Waals surface area contributed by atoms with Gasteiger partial charge in [0.15, 0.2) is 4.77 Å². The maximum Gasteiger partial charge on any atom is 0.268 e. The van der Waals surface area contributed by atoms with Crippen molar-refractivity contribution in [1.29, 1.82) is 0 Å². The van der Waals surface area contributed by atoms with E-state index in [9.17, 15) is 4.79 Å². The van der Waals surface area contributed by atoms with Gasteiger partial charge in [0.1, 0.15) is 10.6 Å². The van der Waals surface area contributed by atoms with Gasteiger partial charge in [-0.1, -0.05) is 41.9 Å². The fraction of sp³-hybridized carbons (Fsp3) is 0.0526. The van der Waals surface area contributed by atoms with Crippen molar-refractivity contribution in [3.63, 3.8) is 0 Å². The molecule has 0 atom stereocenters. The van der Waals surface area contributed by atoms with E-state index in [2.05, 4.69) is 4.98 Å². The number of nitrogens with zero attached hydrogens (tertiary/aromatic N) is 1. The Morgan fingerprint density at radius 2 is 1.85 bits per heavy atom. The highest BCUT2D eigenvalue weighted by atomic mass is 35.5. The number of halogens is 1.